The molecule has 0 fully saturated rings. The second-order valence-corrected chi connectivity index (χ2v) is 5.35. The smallest absolute Gasteiger partial charge is 0.0708 e. The van der Waals surface area contributed by atoms with E-state index in [1.165, 1.54) is 10.9 Å². The van der Waals surface area contributed by atoms with Crippen molar-refractivity contribution in [1.82, 2.24) is 9.88 Å². The van der Waals surface area contributed by atoms with Crippen molar-refractivity contribution in [3.8, 4) is 0 Å². The average Bonchev–Trinajstić information content (AvgIpc) is 2.38. The molecular formula is C16H23N3O. The molecule has 108 valence electrons. The van der Waals surface area contributed by atoms with Crippen molar-refractivity contribution in [1.29, 1.82) is 0 Å². The number of benzene rings is 1. The first-order valence-electron chi connectivity index (χ1n) is 6.88. The number of hydrogen-bond donors (Lipinski definition) is 1. The van der Waals surface area contributed by atoms with Gasteiger partial charge in [-0.05, 0) is 31.7 Å². The Bertz CT molecular complexity index is 571. The minimum absolute atomic E-state index is 0.0409. The van der Waals surface area contributed by atoms with Gasteiger partial charge in [-0.2, -0.15) is 0 Å². The molecule has 4 heteroatoms. The number of aromatic nitrogens is 1. The summed E-state index contributed by atoms with van der Waals surface area (Å²) in [6.07, 6.45) is 0. The number of ether oxygens (including phenoxy) is 1. The molecule has 0 radical (unpaired) electrons. The van der Waals surface area contributed by atoms with Gasteiger partial charge in [-0.1, -0.05) is 18.2 Å². The number of nitrogens with zero attached hydrogens (tertiary/aromatic N) is 2. The molecule has 0 saturated carbocycles. The molecule has 4 nitrogen and oxygen atoms in total. The Kier molecular flexibility index (Phi) is 5.06. The number of nitrogens with two attached hydrogens (primary N) is 1. The van der Waals surface area contributed by atoms with E-state index in [1.807, 2.05) is 13.0 Å². The van der Waals surface area contributed by atoms with Gasteiger partial charge < -0.3 is 15.4 Å². The lowest BCUT2D eigenvalue weighted by Gasteiger charge is -2.21. The molecule has 0 bridgehead atoms. The Hall–Kier alpha value is -1.49. The molecule has 1 unspecified atom stereocenters. The van der Waals surface area contributed by atoms with Gasteiger partial charge in [0.15, 0.2) is 0 Å². The zero-order valence-corrected chi connectivity index (χ0v) is 12.5. The molecule has 0 aliphatic heterocycles. The highest BCUT2D eigenvalue weighted by Gasteiger charge is 2.10. The van der Waals surface area contributed by atoms with Gasteiger partial charge >= 0.3 is 0 Å². The number of methoxy groups -OCH3 is 1. The fraction of sp³-hybridized carbons (Fsp3) is 0.438. The minimum Gasteiger partial charge on any atom is -0.383 e. The molecule has 0 spiro atoms. The van der Waals surface area contributed by atoms with Crippen molar-refractivity contribution >= 4 is 10.9 Å². The highest BCUT2D eigenvalue weighted by Crippen LogP contribution is 2.19. The van der Waals surface area contributed by atoms with E-state index < -0.39 is 0 Å². The monoisotopic (exact) mass is 273 g/mol. The first-order valence-corrected chi connectivity index (χ1v) is 6.88. The van der Waals surface area contributed by atoms with Crippen LogP contribution in [0.5, 0.6) is 0 Å². The lowest BCUT2D eigenvalue weighted by Crippen LogP contribution is -2.38. The van der Waals surface area contributed by atoms with Crippen molar-refractivity contribution in [2.75, 3.05) is 27.3 Å². The summed E-state index contributed by atoms with van der Waals surface area (Å²) in [4.78, 5) is 6.80. The number of likely N-dealkylation sites (N-methyl/N-ethyl adjacent to an activating group) is 1. The molecule has 2 N–H and O–H groups in total. The predicted octanol–water partition coefficient (Wildman–Crippen LogP) is 1.95. The van der Waals surface area contributed by atoms with Crippen molar-refractivity contribution in [3.05, 3.63) is 41.6 Å². The third-order valence-corrected chi connectivity index (χ3v) is 3.30. The largest absolute Gasteiger partial charge is 0.383 e. The number of aryl methyl sites for hydroxylation is 1. The number of pyridine rings is 1. The Morgan fingerprint density at radius 2 is 2.10 bits per heavy atom. The van der Waals surface area contributed by atoms with Crippen LogP contribution in [0.2, 0.25) is 0 Å². The van der Waals surface area contributed by atoms with E-state index in [0.717, 1.165) is 24.3 Å². The third-order valence-electron chi connectivity index (χ3n) is 3.30. The maximum atomic E-state index is 6.00. The van der Waals surface area contributed by atoms with Crippen LogP contribution < -0.4 is 5.73 Å². The molecule has 1 heterocycles. The molecule has 1 aromatic carbocycles. The SMILES string of the molecule is COCC(N)CN(C)Cc1cc(C)nc2ccccc12. The van der Waals surface area contributed by atoms with Crippen LogP contribution in [0.1, 0.15) is 11.3 Å². The van der Waals surface area contributed by atoms with E-state index in [1.54, 1.807) is 7.11 Å². The average molecular weight is 273 g/mol. The molecule has 0 aliphatic rings. The number of rotatable bonds is 6. The fourth-order valence-electron chi connectivity index (χ4n) is 2.55. The minimum atomic E-state index is 0.0409. The number of hydrogen-bond acceptors (Lipinski definition) is 4. The topological polar surface area (TPSA) is 51.4 Å². The summed E-state index contributed by atoms with van der Waals surface area (Å²) < 4.78 is 5.08. The van der Waals surface area contributed by atoms with Gasteiger partial charge in [-0.3, -0.25) is 4.98 Å². The Morgan fingerprint density at radius 1 is 1.35 bits per heavy atom. The van der Waals surface area contributed by atoms with E-state index >= 15 is 0 Å². The van der Waals surface area contributed by atoms with E-state index in [9.17, 15) is 0 Å². The zero-order chi connectivity index (χ0) is 14.5. The summed E-state index contributed by atoms with van der Waals surface area (Å²) in [7, 11) is 3.76. The van der Waals surface area contributed by atoms with E-state index in [-0.39, 0.29) is 6.04 Å². The van der Waals surface area contributed by atoms with Crippen LogP contribution >= 0.6 is 0 Å². The first kappa shape index (κ1) is 14.9. The van der Waals surface area contributed by atoms with Gasteiger partial charge in [0, 0.05) is 37.3 Å². The molecule has 1 atom stereocenters. The number of para-hydroxylation sites is 1. The van der Waals surface area contributed by atoms with Crippen molar-refractivity contribution in [3.63, 3.8) is 0 Å². The van der Waals surface area contributed by atoms with Crippen LogP contribution in [0.3, 0.4) is 0 Å². The molecule has 1 aromatic heterocycles. The van der Waals surface area contributed by atoms with Crippen LogP contribution in [0.25, 0.3) is 10.9 Å². The summed E-state index contributed by atoms with van der Waals surface area (Å²) in [6.45, 7) is 4.29. The molecule has 2 rings (SSSR count). The molecule has 20 heavy (non-hydrogen) atoms. The predicted molar refractivity (Wildman–Crippen MR) is 82.7 cm³/mol. The highest BCUT2D eigenvalue weighted by molar-refractivity contribution is 5.82. The van der Waals surface area contributed by atoms with Gasteiger partial charge in [-0.25, -0.2) is 0 Å². The fourth-order valence-corrected chi connectivity index (χ4v) is 2.55. The Labute approximate surface area is 120 Å². The Morgan fingerprint density at radius 3 is 2.85 bits per heavy atom. The van der Waals surface area contributed by atoms with Crippen LogP contribution in [0.4, 0.5) is 0 Å². The second-order valence-electron chi connectivity index (χ2n) is 5.35. The van der Waals surface area contributed by atoms with Crippen molar-refractivity contribution in [2.24, 2.45) is 5.73 Å². The van der Waals surface area contributed by atoms with Crippen LogP contribution in [0, 0.1) is 6.92 Å². The summed E-state index contributed by atoms with van der Waals surface area (Å²) >= 11 is 0. The molecule has 0 amide bonds. The van der Waals surface area contributed by atoms with Gasteiger partial charge in [0.05, 0.1) is 12.1 Å². The first-order chi connectivity index (χ1) is 9.60. The van der Waals surface area contributed by atoms with Gasteiger partial charge in [-0.15, -0.1) is 0 Å². The third kappa shape index (κ3) is 3.76. The molecular weight excluding hydrogens is 250 g/mol. The van der Waals surface area contributed by atoms with Crippen LogP contribution in [-0.4, -0.2) is 43.2 Å². The summed E-state index contributed by atoms with van der Waals surface area (Å²) in [5, 5.41) is 1.21. The molecule has 0 aliphatic carbocycles. The maximum Gasteiger partial charge on any atom is 0.0708 e. The molecule has 0 saturated heterocycles. The summed E-state index contributed by atoms with van der Waals surface area (Å²) in [5.41, 5.74) is 9.40. The van der Waals surface area contributed by atoms with Crippen molar-refractivity contribution < 1.29 is 4.74 Å². The number of fused-ring (bicyclic) bond motifs is 1. The Balaban J connectivity index is 2.16. The highest BCUT2D eigenvalue weighted by atomic mass is 16.5. The quantitative estimate of drug-likeness (QED) is 0.874. The van der Waals surface area contributed by atoms with Gasteiger partial charge in [0.2, 0.25) is 0 Å². The van der Waals surface area contributed by atoms with Gasteiger partial charge in [0.1, 0.15) is 0 Å². The second kappa shape index (κ2) is 6.79. The van der Waals surface area contributed by atoms with E-state index in [4.69, 9.17) is 10.5 Å². The van der Waals surface area contributed by atoms with Crippen LogP contribution in [0.15, 0.2) is 30.3 Å². The lowest BCUT2D eigenvalue weighted by atomic mass is 10.1. The van der Waals surface area contributed by atoms with E-state index in [2.05, 4.69) is 41.2 Å². The molecule has 2 aromatic rings. The maximum absolute atomic E-state index is 6.00. The van der Waals surface area contributed by atoms with Gasteiger partial charge in [0.25, 0.3) is 0 Å². The van der Waals surface area contributed by atoms with Crippen molar-refractivity contribution in [2.45, 2.75) is 19.5 Å². The van der Waals surface area contributed by atoms with E-state index in [0.29, 0.717) is 6.61 Å². The summed E-state index contributed by atoms with van der Waals surface area (Å²) in [5.74, 6) is 0. The van der Waals surface area contributed by atoms with Crippen LogP contribution in [-0.2, 0) is 11.3 Å². The lowest BCUT2D eigenvalue weighted by molar-refractivity contribution is 0.160. The zero-order valence-electron chi connectivity index (χ0n) is 12.5. The normalized spacial score (nSPS) is 13.1. The summed E-state index contributed by atoms with van der Waals surface area (Å²) in [6, 6.07) is 10.5. The standard InChI is InChI=1S/C16H23N3O/c1-12-8-13(9-19(2)10-14(17)11-20-3)15-6-4-5-7-16(15)18-12/h4-8,14H,9-11,17H2,1-3H3.